The van der Waals surface area contributed by atoms with Crippen LogP contribution in [0.2, 0.25) is 0 Å². The topological polar surface area (TPSA) is 334 Å². The van der Waals surface area contributed by atoms with Crippen LogP contribution >= 0.6 is 0 Å². The maximum absolute atomic E-state index is 12.2. The van der Waals surface area contributed by atoms with Gasteiger partial charge in [-0.15, -0.1) is 0 Å². The lowest BCUT2D eigenvalue weighted by Crippen LogP contribution is -2.16. The molecule has 1 N–H and O–H groups in total. The Morgan fingerprint density at radius 2 is 0.732 bits per heavy atom. The molecule has 27 heteroatoms. The Labute approximate surface area is 795 Å². The SMILES string of the molecule is CC(=O)C1(c2ccc(-c3cn(Cc4ccccn4)c4cc(-c5c(C)noc5C)cnc34)cc2)CC1.CC[C@@H](c1ccccn1)n1cc(-c2ccc(C(=O)O)cc2)c2ncc(-c3c(C)noc3C)cc21.CC[C@@H](c1ccccn1)n1cc(-c2ccc(C(=O)OC)cc2)c2ncc(-c3c(C)noc3C)cc21.COC(=O)Cc1ccc(-c2cn(Cc3ccccn3)c3cc(-c4c(C)noc4C)cnc23)cc1. The number of nitrogens with zero attached hydrogens (tertiary/aromatic N) is 16. The van der Waals surface area contributed by atoms with Crippen LogP contribution in [0.25, 0.3) is 133 Å². The van der Waals surface area contributed by atoms with Crippen LogP contribution in [0.5, 0.6) is 0 Å². The van der Waals surface area contributed by atoms with Crippen LogP contribution in [0.1, 0.15) is 159 Å². The van der Waals surface area contributed by atoms with Crippen molar-refractivity contribution < 1.29 is 51.9 Å². The van der Waals surface area contributed by atoms with Crippen molar-refractivity contribution in [3.8, 4) is 89.0 Å². The molecule has 16 aromatic heterocycles. The molecule has 1 aliphatic carbocycles. The molecule has 0 radical (unpaired) electrons. The van der Waals surface area contributed by atoms with Gasteiger partial charge in [0.15, 0.2) is 0 Å². The van der Waals surface area contributed by atoms with Crippen LogP contribution in [0.4, 0.5) is 0 Å². The molecule has 0 bridgehead atoms. The lowest BCUT2D eigenvalue weighted by atomic mass is 9.91. The number of benzene rings is 4. The van der Waals surface area contributed by atoms with Crippen molar-refractivity contribution in [1.82, 2.24) is 78.8 Å². The molecule has 21 rings (SSSR count). The van der Waals surface area contributed by atoms with Gasteiger partial charge in [-0.3, -0.25) is 49.5 Å². The van der Waals surface area contributed by atoms with E-state index in [4.69, 9.17) is 47.5 Å². The summed E-state index contributed by atoms with van der Waals surface area (Å²) >= 11 is 0. The first kappa shape index (κ1) is 91.6. The predicted octanol–water partition coefficient (Wildman–Crippen LogP) is 23.4. The highest BCUT2D eigenvalue weighted by molar-refractivity contribution is 6.01. The van der Waals surface area contributed by atoms with Gasteiger partial charge in [-0.1, -0.05) is 132 Å². The standard InChI is InChI=1S/C29H26N4O2.C28H26N4O3.2C27H24N4O3/c1-18-27(19(2)35-32-18)22-14-26-28(31-15-22)25(17-33(26)16-24-6-4-5-13-30-24)21-7-9-23(10-8-21)29(11-12-29)20(3)34;1-5-24(23-8-6-7-13-29-23)32-16-22(19-9-11-20(12-10-19)28(33)34-4)27-25(32)14-21(15-30-27)26-17(2)31-35-18(26)3;1-17-26(18(2)34-30-17)21-13-24-27(29-14-21)23(16-31(24)15-22-6-4-5-11-28-22)20-9-7-19(8-10-20)12-25(32)33-3;1-4-23(22-7-5-6-12-28-22)31-15-21(18-8-10-19(11-9-18)27(32)33)26-24(31)13-20(14-29-26)25-16(2)30-34-17(25)3/h4-10,13-15,17H,11-12,16H2,1-3H3;6-16,24H,5H2,1-4H3;4-11,13-14,16H,12,15H2,1-3H3;5-15,23H,4H2,1-3H3,(H,32,33)/t;24-;;23-/m.0.0/s1. The number of hydrogen-bond acceptors (Lipinski definition) is 22. The smallest absolute Gasteiger partial charge is 0.337 e. The van der Waals surface area contributed by atoms with Gasteiger partial charge in [0.1, 0.15) is 28.8 Å². The number of aryl methyl sites for hydroxylation is 8. The molecule has 0 unspecified atom stereocenters. The van der Waals surface area contributed by atoms with Gasteiger partial charge in [0.25, 0.3) is 0 Å². The molecular formula is C111H100N16O11. The van der Waals surface area contributed by atoms with E-state index in [0.717, 1.165) is 239 Å². The van der Waals surface area contributed by atoms with Gasteiger partial charge in [0.05, 0.1) is 152 Å². The summed E-state index contributed by atoms with van der Waals surface area (Å²) in [7, 11) is 2.78. The Balaban J connectivity index is 0.000000122. The van der Waals surface area contributed by atoms with Gasteiger partial charge in [-0.2, -0.15) is 0 Å². The molecule has 0 saturated heterocycles. The number of aromatic carboxylic acids is 1. The maximum Gasteiger partial charge on any atom is 0.337 e. The average molecular weight is 1830 g/mol. The van der Waals surface area contributed by atoms with Crippen molar-refractivity contribution in [3.05, 3.63) is 359 Å². The third-order valence-electron chi connectivity index (χ3n) is 25.8. The number of fused-ring (bicyclic) bond motifs is 4. The Bertz CT molecular complexity index is 7790. The van der Waals surface area contributed by atoms with E-state index in [1.807, 2.05) is 214 Å². The second-order valence-electron chi connectivity index (χ2n) is 34.5. The molecule has 27 nitrogen and oxygen atoms in total. The summed E-state index contributed by atoms with van der Waals surface area (Å²) in [6, 6.07) is 63.1. The van der Waals surface area contributed by atoms with Crippen LogP contribution in [-0.2, 0) is 44.0 Å². The van der Waals surface area contributed by atoms with Gasteiger partial charge in [0, 0.05) is 141 Å². The van der Waals surface area contributed by atoms with Crippen LogP contribution in [0.3, 0.4) is 0 Å². The van der Waals surface area contributed by atoms with E-state index in [1.165, 1.54) is 14.2 Å². The minimum atomic E-state index is -0.947. The number of rotatable bonds is 24. The number of pyridine rings is 8. The number of carbonyl (C=O) groups excluding carboxylic acids is 3. The van der Waals surface area contributed by atoms with Gasteiger partial charge in [-0.05, 0) is 218 Å². The van der Waals surface area contributed by atoms with Gasteiger partial charge in [-0.25, -0.2) is 9.59 Å². The molecule has 1 saturated carbocycles. The molecule has 138 heavy (non-hydrogen) atoms. The molecule has 4 aromatic carbocycles. The third kappa shape index (κ3) is 18.5. The van der Waals surface area contributed by atoms with E-state index >= 15 is 0 Å². The van der Waals surface area contributed by atoms with Gasteiger partial charge < -0.3 is 50.9 Å². The number of carbonyl (C=O) groups is 4. The van der Waals surface area contributed by atoms with E-state index in [-0.39, 0.29) is 47.2 Å². The van der Waals surface area contributed by atoms with Gasteiger partial charge >= 0.3 is 17.9 Å². The molecule has 0 spiro atoms. The van der Waals surface area contributed by atoms with E-state index in [0.29, 0.717) is 18.7 Å². The van der Waals surface area contributed by atoms with Crippen molar-refractivity contribution >= 4 is 67.8 Å². The zero-order chi connectivity index (χ0) is 96.2. The monoisotopic (exact) mass is 1830 g/mol. The van der Waals surface area contributed by atoms with Crippen molar-refractivity contribution in [1.29, 1.82) is 0 Å². The number of methoxy groups -OCH3 is 2. The summed E-state index contributed by atoms with van der Waals surface area (Å²) in [6.07, 6.45) is 27.0. The highest BCUT2D eigenvalue weighted by Gasteiger charge is 2.48. The zero-order valence-corrected chi connectivity index (χ0v) is 78.7. The first-order chi connectivity index (χ1) is 67.0. The fourth-order valence-corrected chi connectivity index (χ4v) is 18.6. The number of hydrogen-bond donors (Lipinski definition) is 1. The average Bonchev–Trinajstić information content (AvgIpc) is 1.56. The van der Waals surface area contributed by atoms with E-state index < -0.39 is 5.97 Å². The summed E-state index contributed by atoms with van der Waals surface area (Å²) in [5, 5.41) is 25.7. The minimum absolute atomic E-state index is 0.0115. The summed E-state index contributed by atoms with van der Waals surface area (Å²) in [5.41, 5.74) is 32.9. The number of ketones is 1. The molecule has 0 amide bonds. The second-order valence-corrected chi connectivity index (χ2v) is 34.5. The van der Waals surface area contributed by atoms with Crippen LogP contribution in [-0.4, -0.2) is 122 Å². The lowest BCUT2D eigenvalue weighted by molar-refractivity contribution is -0.139. The quantitative estimate of drug-likeness (QED) is 0.0549. The number of carboxylic acids is 1. The Kier molecular flexibility index (Phi) is 26.1. The number of Topliss-reactive ketones (excluding diaryl/α,β-unsaturated/α-hetero) is 1. The predicted molar refractivity (Wildman–Crippen MR) is 528 cm³/mol. The number of esters is 2. The molecule has 690 valence electrons. The van der Waals surface area contributed by atoms with E-state index in [9.17, 15) is 24.3 Å². The molecule has 16 heterocycles. The highest BCUT2D eigenvalue weighted by Crippen LogP contribution is 2.50. The van der Waals surface area contributed by atoms with Crippen LogP contribution in [0, 0.1) is 55.4 Å². The van der Waals surface area contributed by atoms with Gasteiger partial charge in [0.2, 0.25) is 0 Å². The molecule has 1 aliphatic rings. The first-order valence-corrected chi connectivity index (χ1v) is 45.6. The number of ether oxygens (including phenoxy) is 2. The third-order valence-corrected chi connectivity index (χ3v) is 25.8. The van der Waals surface area contributed by atoms with Crippen LogP contribution in [0.15, 0.2) is 287 Å². The first-order valence-electron chi connectivity index (χ1n) is 45.6. The molecule has 20 aromatic rings. The molecule has 0 aliphatic heterocycles. The van der Waals surface area contributed by atoms with Crippen molar-refractivity contribution in [2.75, 3.05) is 14.2 Å². The zero-order valence-electron chi connectivity index (χ0n) is 78.7. The van der Waals surface area contributed by atoms with Crippen LogP contribution < -0.4 is 0 Å². The number of aromatic nitrogens is 16. The molecule has 2 atom stereocenters. The Morgan fingerprint density at radius 1 is 0.391 bits per heavy atom. The minimum Gasteiger partial charge on any atom is -0.478 e. The summed E-state index contributed by atoms with van der Waals surface area (Å²) in [6.45, 7) is 22.6. The van der Waals surface area contributed by atoms with E-state index in [1.54, 1.807) is 37.4 Å². The Morgan fingerprint density at radius 3 is 1.04 bits per heavy atom. The van der Waals surface area contributed by atoms with E-state index in [2.05, 4.69) is 152 Å². The van der Waals surface area contributed by atoms with Crippen molar-refractivity contribution in [2.24, 2.45) is 0 Å². The summed E-state index contributed by atoms with van der Waals surface area (Å²) in [4.78, 5) is 84.8. The molecule has 1 fully saturated rings. The number of carboxylic acid groups (broad SMARTS) is 1. The lowest BCUT2D eigenvalue weighted by Gasteiger charge is -2.18. The maximum atomic E-state index is 12.2. The fraction of sp³-hybridized carbons (Fsp3) is 0.207. The second kappa shape index (κ2) is 39.4. The summed E-state index contributed by atoms with van der Waals surface area (Å²) in [5.74, 6) is 1.75. The fourth-order valence-electron chi connectivity index (χ4n) is 18.6. The largest absolute Gasteiger partial charge is 0.478 e. The summed E-state index contributed by atoms with van der Waals surface area (Å²) < 4.78 is 40.0. The van der Waals surface area contributed by atoms with Crippen molar-refractivity contribution in [3.63, 3.8) is 0 Å². The Hall–Kier alpha value is -16.8. The van der Waals surface area contributed by atoms with Crippen molar-refractivity contribution in [2.45, 2.75) is 139 Å². The normalized spacial score (nSPS) is 12.5. The molecular weight excluding hydrogens is 1730 g/mol. The highest BCUT2D eigenvalue weighted by atomic mass is 16.5.